The van der Waals surface area contributed by atoms with Gasteiger partial charge in [0.2, 0.25) is 11.8 Å². The summed E-state index contributed by atoms with van der Waals surface area (Å²) in [7, 11) is 1.65. The highest BCUT2D eigenvalue weighted by Crippen LogP contribution is 2.25. The van der Waals surface area contributed by atoms with Gasteiger partial charge in [-0.05, 0) is 43.2 Å². The van der Waals surface area contributed by atoms with Crippen molar-refractivity contribution in [3.63, 3.8) is 0 Å². The van der Waals surface area contributed by atoms with Crippen LogP contribution in [0.25, 0.3) is 0 Å². The fraction of sp³-hybridized carbons (Fsp3) is 0.417. The van der Waals surface area contributed by atoms with Crippen LogP contribution in [-0.2, 0) is 9.59 Å². The van der Waals surface area contributed by atoms with E-state index in [1.54, 1.807) is 7.11 Å². The molecule has 2 aromatic carbocycles. The Labute approximate surface area is 188 Å². The molecule has 2 saturated heterocycles. The van der Waals surface area contributed by atoms with E-state index in [2.05, 4.69) is 21.1 Å². The number of methoxy groups -OCH3 is 1. The third-order valence-electron chi connectivity index (χ3n) is 6.11. The minimum atomic E-state index is -0.251. The molecule has 3 N–H and O–H groups in total. The Morgan fingerprint density at radius 1 is 1.00 bits per heavy atom. The topological polar surface area (TPSA) is 85.9 Å². The van der Waals surface area contributed by atoms with Gasteiger partial charge in [-0.15, -0.1) is 0 Å². The lowest BCUT2D eigenvalue weighted by atomic mass is 10.0. The fourth-order valence-electron chi connectivity index (χ4n) is 4.16. The summed E-state index contributed by atoms with van der Waals surface area (Å²) in [6, 6.07) is 15.5. The molecule has 0 radical (unpaired) electrons. The second kappa shape index (κ2) is 10.1. The molecule has 2 heterocycles. The molecular weight excluding hydrogens is 406 g/mol. The second-order valence-corrected chi connectivity index (χ2v) is 8.42. The first-order valence-corrected chi connectivity index (χ1v) is 11.0. The van der Waals surface area contributed by atoms with E-state index in [0.29, 0.717) is 39.1 Å². The molecular formula is C24H31N5O3. The third kappa shape index (κ3) is 5.45. The van der Waals surface area contributed by atoms with Crippen LogP contribution in [0.5, 0.6) is 5.75 Å². The normalized spacial score (nSPS) is 21.4. The van der Waals surface area contributed by atoms with Crippen LogP contribution in [0.2, 0.25) is 0 Å². The Balaban J connectivity index is 1.22. The number of anilines is 1. The number of carbonyl (C=O) groups excluding carboxylic acids is 2. The van der Waals surface area contributed by atoms with Gasteiger partial charge in [-0.1, -0.05) is 29.8 Å². The highest BCUT2D eigenvalue weighted by atomic mass is 16.5. The van der Waals surface area contributed by atoms with Crippen molar-refractivity contribution in [3.05, 3.63) is 59.7 Å². The largest absolute Gasteiger partial charge is 0.497 e. The molecule has 2 unspecified atom stereocenters. The van der Waals surface area contributed by atoms with Gasteiger partial charge < -0.3 is 15.0 Å². The van der Waals surface area contributed by atoms with Crippen LogP contribution >= 0.6 is 0 Å². The van der Waals surface area contributed by atoms with Crippen molar-refractivity contribution in [2.24, 2.45) is 0 Å². The lowest BCUT2D eigenvalue weighted by molar-refractivity contribution is -0.135. The van der Waals surface area contributed by atoms with Gasteiger partial charge in [0.15, 0.2) is 0 Å². The molecule has 8 heteroatoms. The maximum atomic E-state index is 13.0. The number of amides is 2. The van der Waals surface area contributed by atoms with E-state index in [0.717, 1.165) is 22.6 Å². The van der Waals surface area contributed by atoms with E-state index in [1.807, 2.05) is 60.4 Å². The van der Waals surface area contributed by atoms with Crippen LogP contribution in [0, 0.1) is 6.92 Å². The molecule has 0 aromatic heterocycles. The number of nitrogens with zero attached hydrogens (tertiary/aromatic N) is 2. The molecule has 32 heavy (non-hydrogen) atoms. The van der Waals surface area contributed by atoms with E-state index >= 15 is 0 Å². The molecule has 2 amide bonds. The van der Waals surface area contributed by atoms with Crippen molar-refractivity contribution in [1.29, 1.82) is 0 Å². The van der Waals surface area contributed by atoms with Crippen LogP contribution in [0.3, 0.4) is 0 Å². The van der Waals surface area contributed by atoms with Crippen LogP contribution in [0.4, 0.5) is 5.69 Å². The number of benzene rings is 2. The van der Waals surface area contributed by atoms with Gasteiger partial charge in [-0.25, -0.2) is 10.9 Å². The smallest absolute Gasteiger partial charge is 0.241 e. The first-order valence-electron chi connectivity index (χ1n) is 11.0. The summed E-state index contributed by atoms with van der Waals surface area (Å²) in [6.45, 7) is 4.98. The van der Waals surface area contributed by atoms with Crippen LogP contribution < -0.4 is 20.9 Å². The molecule has 4 rings (SSSR count). The summed E-state index contributed by atoms with van der Waals surface area (Å²) in [6.07, 6.45) is 0.699. The molecule has 2 aliphatic heterocycles. The molecule has 2 aromatic rings. The lowest BCUT2D eigenvalue weighted by Crippen LogP contribution is -2.54. The Hall–Kier alpha value is -2.94. The summed E-state index contributed by atoms with van der Waals surface area (Å²) in [4.78, 5) is 29.3. The minimum absolute atomic E-state index is 0.0300. The highest BCUT2D eigenvalue weighted by molar-refractivity contribution is 5.92. The molecule has 2 fully saturated rings. The molecule has 0 bridgehead atoms. The fourth-order valence-corrected chi connectivity index (χ4v) is 4.16. The first kappa shape index (κ1) is 22.3. The number of hydrogen-bond donors (Lipinski definition) is 3. The van der Waals surface area contributed by atoms with Crippen LogP contribution in [-0.4, -0.2) is 67.5 Å². The predicted octanol–water partition coefficient (Wildman–Crippen LogP) is 1.69. The molecule has 0 saturated carbocycles. The predicted molar refractivity (Wildman–Crippen MR) is 123 cm³/mol. The molecule has 0 spiro atoms. The Kier molecular flexibility index (Phi) is 7.04. The van der Waals surface area contributed by atoms with Crippen LogP contribution in [0.15, 0.2) is 48.5 Å². The molecule has 170 valence electrons. The highest BCUT2D eigenvalue weighted by Gasteiger charge is 2.34. The number of hydrogen-bond acceptors (Lipinski definition) is 6. The molecule has 8 nitrogen and oxygen atoms in total. The molecule has 2 atom stereocenters. The number of aryl methyl sites for hydroxylation is 1. The van der Waals surface area contributed by atoms with E-state index in [-0.39, 0.29) is 23.9 Å². The SMILES string of the molecule is COc1ccc(C2CC(C(=O)N3CCN(CC(=O)Nc4ccc(C)cc4)CC3)NN2)cc1. The Morgan fingerprint density at radius 3 is 2.34 bits per heavy atom. The Morgan fingerprint density at radius 2 is 1.69 bits per heavy atom. The summed E-state index contributed by atoms with van der Waals surface area (Å²) in [5.41, 5.74) is 9.48. The number of nitrogens with one attached hydrogen (secondary N) is 3. The number of carbonyl (C=O) groups is 2. The average molecular weight is 438 g/mol. The average Bonchev–Trinajstić information content (AvgIpc) is 3.31. The zero-order valence-electron chi connectivity index (χ0n) is 18.6. The second-order valence-electron chi connectivity index (χ2n) is 8.42. The zero-order chi connectivity index (χ0) is 22.5. The van der Waals surface area contributed by atoms with E-state index in [4.69, 9.17) is 4.74 Å². The zero-order valence-corrected chi connectivity index (χ0v) is 18.6. The summed E-state index contributed by atoms with van der Waals surface area (Å²) in [5.74, 6) is 0.896. The number of rotatable bonds is 6. The summed E-state index contributed by atoms with van der Waals surface area (Å²) >= 11 is 0. The van der Waals surface area contributed by atoms with E-state index < -0.39 is 0 Å². The van der Waals surface area contributed by atoms with Gasteiger partial charge >= 0.3 is 0 Å². The van der Waals surface area contributed by atoms with Crippen molar-refractivity contribution in [2.75, 3.05) is 45.2 Å². The van der Waals surface area contributed by atoms with Crippen molar-refractivity contribution in [2.45, 2.75) is 25.4 Å². The van der Waals surface area contributed by atoms with Gasteiger partial charge in [0.25, 0.3) is 0 Å². The quantitative estimate of drug-likeness (QED) is 0.638. The van der Waals surface area contributed by atoms with Gasteiger partial charge in [0.1, 0.15) is 11.8 Å². The van der Waals surface area contributed by atoms with Crippen molar-refractivity contribution in [1.82, 2.24) is 20.7 Å². The maximum absolute atomic E-state index is 13.0. The lowest BCUT2D eigenvalue weighted by Gasteiger charge is -2.35. The first-order chi connectivity index (χ1) is 15.5. The number of ether oxygens (including phenoxy) is 1. The van der Waals surface area contributed by atoms with Gasteiger partial charge in [-0.3, -0.25) is 14.5 Å². The summed E-state index contributed by atoms with van der Waals surface area (Å²) in [5, 5.41) is 2.94. The van der Waals surface area contributed by atoms with Gasteiger partial charge in [0.05, 0.1) is 13.7 Å². The van der Waals surface area contributed by atoms with Crippen molar-refractivity contribution >= 4 is 17.5 Å². The molecule has 0 aliphatic carbocycles. The van der Waals surface area contributed by atoms with Gasteiger partial charge in [-0.2, -0.15) is 0 Å². The van der Waals surface area contributed by atoms with Crippen molar-refractivity contribution < 1.29 is 14.3 Å². The summed E-state index contributed by atoms with van der Waals surface area (Å²) < 4.78 is 5.21. The maximum Gasteiger partial charge on any atom is 0.241 e. The monoisotopic (exact) mass is 437 g/mol. The van der Waals surface area contributed by atoms with E-state index in [9.17, 15) is 9.59 Å². The van der Waals surface area contributed by atoms with Gasteiger partial charge in [0, 0.05) is 37.9 Å². The number of piperazine rings is 1. The molecule has 2 aliphatic rings. The van der Waals surface area contributed by atoms with E-state index in [1.165, 1.54) is 0 Å². The minimum Gasteiger partial charge on any atom is -0.497 e. The van der Waals surface area contributed by atoms with Crippen LogP contribution in [0.1, 0.15) is 23.6 Å². The Bertz CT molecular complexity index is 924. The third-order valence-corrected chi connectivity index (χ3v) is 6.11. The van der Waals surface area contributed by atoms with Crippen molar-refractivity contribution in [3.8, 4) is 5.75 Å². The number of hydrazine groups is 1. The standard InChI is InChI=1S/C24H31N5O3/c1-17-3-7-19(8-4-17)25-23(30)16-28-11-13-29(14-12-28)24(31)22-15-21(26-27-22)18-5-9-20(32-2)10-6-18/h3-10,21-22,26-27H,11-16H2,1-2H3,(H,25,30).